The molecule has 0 saturated carbocycles. The number of benzene rings is 2. The summed E-state index contributed by atoms with van der Waals surface area (Å²) in [6.45, 7) is 0. The largest absolute Gasteiger partial charge is 0.351 e. The van der Waals surface area contributed by atoms with E-state index in [1.54, 1.807) is 18.2 Å². The zero-order valence-electron chi connectivity index (χ0n) is 10.4. The average Bonchev–Trinajstić information content (AvgIpc) is 2.38. The van der Waals surface area contributed by atoms with E-state index in [1.165, 1.54) is 30.3 Å². The molecule has 0 bridgehead atoms. The van der Waals surface area contributed by atoms with E-state index < -0.39 is 11.8 Å². The molecule has 4 N–H and O–H groups in total. The fraction of sp³-hybridized carbons (Fsp3) is 0. The van der Waals surface area contributed by atoms with Crippen LogP contribution >= 0.6 is 0 Å². The third-order valence-electron chi connectivity index (χ3n) is 2.50. The molecule has 0 saturated heterocycles. The molecular weight excluding hydrogens is 261 g/mol. The van der Waals surface area contributed by atoms with Crippen molar-refractivity contribution < 1.29 is 14.0 Å². The molecule has 0 aliphatic rings. The van der Waals surface area contributed by atoms with Crippen LogP contribution in [0.15, 0.2) is 48.5 Å². The number of hydrogen-bond donors (Lipinski definition) is 3. The highest BCUT2D eigenvalue weighted by Gasteiger charge is 2.06. The number of rotatable bonds is 3. The van der Waals surface area contributed by atoms with Gasteiger partial charge in [0.2, 0.25) is 0 Å². The lowest BCUT2D eigenvalue weighted by molar-refractivity contribution is 0.102. The summed E-state index contributed by atoms with van der Waals surface area (Å²) >= 11 is 0. The Kier molecular flexibility index (Phi) is 3.95. The van der Waals surface area contributed by atoms with Crippen LogP contribution < -0.4 is 16.4 Å². The lowest BCUT2D eigenvalue weighted by Gasteiger charge is -2.06. The van der Waals surface area contributed by atoms with Gasteiger partial charge in [0.05, 0.1) is 0 Å². The Bertz CT molecular complexity index is 641. The van der Waals surface area contributed by atoms with E-state index in [9.17, 15) is 14.0 Å². The topological polar surface area (TPSA) is 84.2 Å². The third-order valence-corrected chi connectivity index (χ3v) is 2.50. The van der Waals surface area contributed by atoms with E-state index in [2.05, 4.69) is 10.6 Å². The second-order valence-corrected chi connectivity index (χ2v) is 4.03. The van der Waals surface area contributed by atoms with Crippen molar-refractivity contribution in [1.82, 2.24) is 0 Å². The maximum atomic E-state index is 13.0. The minimum Gasteiger partial charge on any atom is -0.351 e. The van der Waals surface area contributed by atoms with Gasteiger partial charge < -0.3 is 16.4 Å². The van der Waals surface area contributed by atoms with Gasteiger partial charge in [0.25, 0.3) is 5.91 Å². The third kappa shape index (κ3) is 3.55. The summed E-state index contributed by atoms with van der Waals surface area (Å²) in [7, 11) is 0. The van der Waals surface area contributed by atoms with Crippen LogP contribution in [-0.4, -0.2) is 11.9 Å². The van der Waals surface area contributed by atoms with Crippen LogP contribution in [0.1, 0.15) is 10.4 Å². The maximum Gasteiger partial charge on any atom is 0.316 e. The summed E-state index contributed by atoms with van der Waals surface area (Å²) in [5.74, 6) is -0.801. The number of urea groups is 1. The van der Waals surface area contributed by atoms with Gasteiger partial charge in [0.15, 0.2) is 0 Å². The Morgan fingerprint density at radius 2 is 1.65 bits per heavy atom. The van der Waals surface area contributed by atoms with E-state index in [1.807, 2.05) is 0 Å². The highest BCUT2D eigenvalue weighted by molar-refractivity contribution is 6.04. The van der Waals surface area contributed by atoms with Crippen molar-refractivity contribution in [2.75, 3.05) is 10.6 Å². The highest BCUT2D eigenvalue weighted by Crippen LogP contribution is 2.13. The van der Waals surface area contributed by atoms with Crippen molar-refractivity contribution in [3.63, 3.8) is 0 Å². The van der Waals surface area contributed by atoms with Crippen molar-refractivity contribution in [3.8, 4) is 0 Å². The van der Waals surface area contributed by atoms with Crippen LogP contribution in [0.4, 0.5) is 20.6 Å². The molecule has 5 nitrogen and oxygen atoms in total. The van der Waals surface area contributed by atoms with Crippen LogP contribution in [0.25, 0.3) is 0 Å². The molecule has 2 rings (SSSR count). The van der Waals surface area contributed by atoms with Gasteiger partial charge in [-0.25, -0.2) is 9.18 Å². The molecular formula is C14H12FN3O2. The van der Waals surface area contributed by atoms with Gasteiger partial charge in [-0.15, -0.1) is 0 Å². The standard InChI is InChI=1S/C14H12FN3O2/c15-10-2-1-3-12(8-10)17-13(19)9-4-6-11(7-5-9)18-14(16)20/h1-8H,(H,17,19)(H3,16,18,20). The summed E-state index contributed by atoms with van der Waals surface area (Å²) in [5.41, 5.74) is 6.21. The number of nitrogens with two attached hydrogens (primary N) is 1. The number of halogens is 1. The van der Waals surface area contributed by atoms with Gasteiger partial charge in [-0.05, 0) is 42.5 Å². The molecule has 0 aromatic heterocycles. The van der Waals surface area contributed by atoms with Gasteiger partial charge in [-0.3, -0.25) is 4.79 Å². The first-order valence-electron chi connectivity index (χ1n) is 5.78. The normalized spacial score (nSPS) is 9.85. The molecule has 0 radical (unpaired) electrons. The van der Waals surface area contributed by atoms with Gasteiger partial charge in [-0.1, -0.05) is 6.07 Å². The number of carbonyl (C=O) groups is 2. The fourth-order valence-electron chi connectivity index (χ4n) is 1.62. The number of hydrogen-bond acceptors (Lipinski definition) is 2. The van der Waals surface area contributed by atoms with Crippen molar-refractivity contribution in [2.24, 2.45) is 5.73 Å². The predicted octanol–water partition coefficient (Wildman–Crippen LogP) is 2.57. The summed E-state index contributed by atoms with van der Waals surface area (Å²) in [5, 5.41) is 4.95. The Morgan fingerprint density at radius 3 is 2.25 bits per heavy atom. The molecule has 0 aliphatic heterocycles. The van der Waals surface area contributed by atoms with Crippen molar-refractivity contribution in [1.29, 1.82) is 0 Å². The first-order chi connectivity index (χ1) is 9.54. The SMILES string of the molecule is NC(=O)Nc1ccc(C(=O)Nc2cccc(F)c2)cc1. The summed E-state index contributed by atoms with van der Waals surface area (Å²) in [6, 6.07) is 11.1. The van der Waals surface area contributed by atoms with Crippen LogP contribution in [-0.2, 0) is 0 Å². The zero-order valence-corrected chi connectivity index (χ0v) is 10.4. The van der Waals surface area contributed by atoms with Crippen molar-refractivity contribution >= 4 is 23.3 Å². The predicted molar refractivity (Wildman–Crippen MR) is 74.0 cm³/mol. The van der Waals surface area contributed by atoms with E-state index in [-0.39, 0.29) is 5.91 Å². The molecule has 20 heavy (non-hydrogen) atoms. The summed E-state index contributed by atoms with van der Waals surface area (Å²) in [6.07, 6.45) is 0. The summed E-state index contributed by atoms with van der Waals surface area (Å²) < 4.78 is 13.0. The smallest absolute Gasteiger partial charge is 0.316 e. The highest BCUT2D eigenvalue weighted by atomic mass is 19.1. The lowest BCUT2D eigenvalue weighted by atomic mass is 10.2. The zero-order chi connectivity index (χ0) is 14.5. The van der Waals surface area contributed by atoms with Crippen LogP contribution in [0.2, 0.25) is 0 Å². The van der Waals surface area contributed by atoms with Crippen molar-refractivity contribution in [2.45, 2.75) is 0 Å². The number of nitrogens with one attached hydrogen (secondary N) is 2. The van der Waals surface area contributed by atoms with E-state index in [0.717, 1.165) is 0 Å². The van der Waals surface area contributed by atoms with Gasteiger partial charge in [0, 0.05) is 16.9 Å². The molecule has 102 valence electrons. The number of primary amides is 1. The molecule has 3 amide bonds. The van der Waals surface area contributed by atoms with Crippen LogP contribution in [0.3, 0.4) is 0 Å². The van der Waals surface area contributed by atoms with Crippen molar-refractivity contribution in [3.05, 3.63) is 59.9 Å². The van der Waals surface area contributed by atoms with E-state index >= 15 is 0 Å². The molecule has 2 aromatic rings. The molecule has 0 heterocycles. The molecule has 0 aliphatic carbocycles. The van der Waals surface area contributed by atoms with Gasteiger partial charge >= 0.3 is 6.03 Å². The van der Waals surface area contributed by atoms with E-state index in [0.29, 0.717) is 16.9 Å². The second-order valence-electron chi connectivity index (χ2n) is 4.03. The fourth-order valence-corrected chi connectivity index (χ4v) is 1.62. The first kappa shape index (κ1) is 13.5. The summed E-state index contributed by atoms with van der Waals surface area (Å²) in [4.78, 5) is 22.6. The van der Waals surface area contributed by atoms with Gasteiger partial charge in [-0.2, -0.15) is 0 Å². The maximum absolute atomic E-state index is 13.0. The Morgan fingerprint density at radius 1 is 0.950 bits per heavy atom. The van der Waals surface area contributed by atoms with Gasteiger partial charge in [0.1, 0.15) is 5.82 Å². The Labute approximate surface area is 114 Å². The lowest BCUT2D eigenvalue weighted by Crippen LogP contribution is -2.19. The monoisotopic (exact) mass is 273 g/mol. The number of amides is 3. The first-order valence-corrected chi connectivity index (χ1v) is 5.78. The Balaban J connectivity index is 2.07. The molecule has 0 unspecified atom stereocenters. The number of anilines is 2. The second kappa shape index (κ2) is 5.83. The average molecular weight is 273 g/mol. The number of carbonyl (C=O) groups excluding carboxylic acids is 2. The minimum absolute atomic E-state index is 0.370. The van der Waals surface area contributed by atoms with Crippen LogP contribution in [0.5, 0.6) is 0 Å². The molecule has 0 fully saturated rings. The van der Waals surface area contributed by atoms with E-state index in [4.69, 9.17) is 5.73 Å². The molecule has 2 aromatic carbocycles. The Hall–Kier alpha value is -2.89. The molecule has 0 atom stereocenters. The van der Waals surface area contributed by atoms with Crippen LogP contribution in [0, 0.1) is 5.82 Å². The molecule has 0 spiro atoms. The minimum atomic E-state index is -0.679. The molecule has 6 heteroatoms. The quantitative estimate of drug-likeness (QED) is 0.803.